The summed E-state index contributed by atoms with van der Waals surface area (Å²) in [4.78, 5) is 8.17. The van der Waals surface area contributed by atoms with E-state index < -0.39 is 0 Å². The lowest BCUT2D eigenvalue weighted by atomic mass is 10.2. The average Bonchev–Trinajstić information content (AvgIpc) is 2.34. The monoisotopic (exact) mass is 257 g/mol. The summed E-state index contributed by atoms with van der Waals surface area (Å²) in [6.45, 7) is 6.60. The minimum absolute atomic E-state index is 0.534. The van der Waals surface area contributed by atoms with Gasteiger partial charge in [0.05, 0.1) is 0 Å². The third kappa shape index (κ3) is 4.88. The average molecular weight is 258 g/mol. The summed E-state index contributed by atoms with van der Waals surface area (Å²) in [6.07, 6.45) is 4.34. The zero-order chi connectivity index (χ0) is 12.5. The van der Waals surface area contributed by atoms with Crippen LogP contribution in [0.1, 0.15) is 32.3 Å². The lowest BCUT2D eigenvalue weighted by molar-refractivity contribution is 0.134. The van der Waals surface area contributed by atoms with Crippen LogP contribution in [0.25, 0.3) is 0 Å². The molecule has 1 aromatic heterocycles. The van der Waals surface area contributed by atoms with E-state index in [9.17, 15) is 0 Å². The summed E-state index contributed by atoms with van der Waals surface area (Å²) in [5.74, 6) is 0.836. The van der Waals surface area contributed by atoms with Crippen molar-refractivity contribution < 1.29 is 4.74 Å². The smallest absolute Gasteiger partial charge is 0.137 e. The van der Waals surface area contributed by atoms with Crippen molar-refractivity contribution in [2.45, 2.75) is 33.1 Å². The Balaban J connectivity index is 2.33. The van der Waals surface area contributed by atoms with Gasteiger partial charge < -0.3 is 10.1 Å². The molecule has 1 heterocycles. The van der Waals surface area contributed by atoms with Crippen LogP contribution in [0, 0.1) is 0 Å². The Morgan fingerprint density at radius 1 is 1.29 bits per heavy atom. The van der Waals surface area contributed by atoms with Crippen molar-refractivity contribution in [2.24, 2.45) is 0 Å². The number of halogens is 1. The van der Waals surface area contributed by atoms with Gasteiger partial charge in [0.25, 0.3) is 0 Å². The highest BCUT2D eigenvalue weighted by atomic mass is 35.5. The third-order valence-corrected chi connectivity index (χ3v) is 2.68. The van der Waals surface area contributed by atoms with Gasteiger partial charge in [-0.05, 0) is 19.3 Å². The Morgan fingerprint density at radius 3 is 2.82 bits per heavy atom. The fraction of sp³-hybridized carbons (Fsp3) is 0.667. The van der Waals surface area contributed by atoms with Crippen molar-refractivity contribution in [1.82, 2.24) is 9.97 Å². The number of hydrogen-bond acceptors (Lipinski definition) is 4. The lowest BCUT2D eigenvalue weighted by Crippen LogP contribution is -2.09. The fourth-order valence-corrected chi connectivity index (χ4v) is 1.75. The summed E-state index contributed by atoms with van der Waals surface area (Å²) in [5, 5.41) is 3.80. The first-order valence-electron chi connectivity index (χ1n) is 6.10. The van der Waals surface area contributed by atoms with Crippen molar-refractivity contribution >= 4 is 17.4 Å². The van der Waals surface area contributed by atoms with E-state index in [1.165, 1.54) is 6.33 Å². The van der Waals surface area contributed by atoms with Gasteiger partial charge in [-0.15, -0.1) is 0 Å². The molecule has 0 aromatic carbocycles. The van der Waals surface area contributed by atoms with Gasteiger partial charge in [0.2, 0.25) is 0 Å². The molecular formula is C12H20ClN3O. The predicted molar refractivity (Wildman–Crippen MR) is 70.6 cm³/mol. The number of anilines is 1. The topological polar surface area (TPSA) is 47.0 Å². The molecule has 5 heteroatoms. The quantitative estimate of drug-likeness (QED) is 0.575. The van der Waals surface area contributed by atoms with E-state index in [2.05, 4.69) is 22.2 Å². The molecule has 0 unspecified atom stereocenters. The van der Waals surface area contributed by atoms with Crippen molar-refractivity contribution in [3.8, 4) is 0 Å². The minimum atomic E-state index is 0.534. The summed E-state index contributed by atoms with van der Waals surface area (Å²) >= 11 is 6.00. The zero-order valence-corrected chi connectivity index (χ0v) is 11.3. The number of aromatic nitrogens is 2. The summed E-state index contributed by atoms with van der Waals surface area (Å²) in [6, 6.07) is 0. The van der Waals surface area contributed by atoms with E-state index in [0.29, 0.717) is 5.15 Å². The molecular weight excluding hydrogens is 238 g/mol. The van der Waals surface area contributed by atoms with Gasteiger partial charge in [0.15, 0.2) is 0 Å². The normalized spacial score (nSPS) is 10.5. The molecule has 0 amide bonds. The molecule has 0 aliphatic rings. The lowest BCUT2D eigenvalue weighted by Gasteiger charge is -2.10. The van der Waals surface area contributed by atoms with Crippen molar-refractivity contribution in [3.05, 3.63) is 17.0 Å². The van der Waals surface area contributed by atoms with Crippen molar-refractivity contribution in [2.75, 3.05) is 25.1 Å². The Hall–Kier alpha value is -0.870. The standard InChI is InChI=1S/C12H20ClN3O/c1-3-7-17-8-5-6-14-12-10(4-2)11(13)15-9-16-12/h9H,3-8H2,1-2H3,(H,14,15,16). The maximum absolute atomic E-state index is 6.00. The van der Waals surface area contributed by atoms with E-state index in [1.54, 1.807) is 0 Å². The first-order valence-corrected chi connectivity index (χ1v) is 6.48. The second kappa shape index (κ2) is 8.25. The zero-order valence-electron chi connectivity index (χ0n) is 10.5. The Morgan fingerprint density at radius 2 is 2.12 bits per heavy atom. The molecule has 1 N–H and O–H groups in total. The van der Waals surface area contributed by atoms with Gasteiger partial charge in [-0.3, -0.25) is 0 Å². The van der Waals surface area contributed by atoms with Crippen LogP contribution in [0.5, 0.6) is 0 Å². The molecule has 0 aliphatic heterocycles. The van der Waals surface area contributed by atoms with Gasteiger partial charge in [0, 0.05) is 25.3 Å². The summed E-state index contributed by atoms with van der Waals surface area (Å²) < 4.78 is 5.40. The van der Waals surface area contributed by atoms with Crippen LogP contribution >= 0.6 is 11.6 Å². The SMILES string of the molecule is CCCOCCCNc1ncnc(Cl)c1CC. The van der Waals surface area contributed by atoms with Crippen LogP contribution in [0.2, 0.25) is 5.15 Å². The molecule has 0 bridgehead atoms. The summed E-state index contributed by atoms with van der Waals surface area (Å²) in [5.41, 5.74) is 0.976. The highest BCUT2D eigenvalue weighted by Gasteiger charge is 2.06. The van der Waals surface area contributed by atoms with Crippen LogP contribution in [0.3, 0.4) is 0 Å². The molecule has 0 fully saturated rings. The van der Waals surface area contributed by atoms with Crippen LogP contribution < -0.4 is 5.32 Å². The summed E-state index contributed by atoms with van der Waals surface area (Å²) in [7, 11) is 0. The van der Waals surface area contributed by atoms with E-state index >= 15 is 0 Å². The van der Waals surface area contributed by atoms with Crippen molar-refractivity contribution in [1.29, 1.82) is 0 Å². The van der Waals surface area contributed by atoms with Gasteiger partial charge in [-0.2, -0.15) is 0 Å². The van der Waals surface area contributed by atoms with Gasteiger partial charge >= 0.3 is 0 Å². The Bertz CT molecular complexity index is 334. The molecule has 4 nitrogen and oxygen atoms in total. The van der Waals surface area contributed by atoms with E-state index in [-0.39, 0.29) is 0 Å². The highest BCUT2D eigenvalue weighted by molar-refractivity contribution is 6.30. The molecule has 0 aliphatic carbocycles. The van der Waals surface area contributed by atoms with Gasteiger partial charge in [-0.25, -0.2) is 9.97 Å². The largest absolute Gasteiger partial charge is 0.381 e. The first-order chi connectivity index (χ1) is 8.29. The third-order valence-electron chi connectivity index (χ3n) is 2.35. The molecule has 0 saturated carbocycles. The molecule has 0 saturated heterocycles. The Kier molecular flexibility index (Phi) is 6.89. The highest BCUT2D eigenvalue weighted by Crippen LogP contribution is 2.19. The first kappa shape index (κ1) is 14.2. The number of nitrogens with one attached hydrogen (secondary N) is 1. The van der Waals surface area contributed by atoms with E-state index in [0.717, 1.165) is 50.4 Å². The van der Waals surface area contributed by atoms with E-state index in [1.807, 2.05) is 6.92 Å². The second-order valence-corrected chi connectivity index (χ2v) is 4.10. The molecule has 0 radical (unpaired) electrons. The second-order valence-electron chi connectivity index (χ2n) is 3.74. The number of nitrogens with zero attached hydrogens (tertiary/aromatic N) is 2. The Labute approximate surface area is 108 Å². The van der Waals surface area contributed by atoms with Crippen LogP contribution in [0.4, 0.5) is 5.82 Å². The van der Waals surface area contributed by atoms with Crippen LogP contribution in [0.15, 0.2) is 6.33 Å². The van der Waals surface area contributed by atoms with Gasteiger partial charge in [0.1, 0.15) is 17.3 Å². The van der Waals surface area contributed by atoms with E-state index in [4.69, 9.17) is 16.3 Å². The minimum Gasteiger partial charge on any atom is -0.381 e. The molecule has 0 atom stereocenters. The molecule has 1 rings (SSSR count). The molecule has 0 spiro atoms. The predicted octanol–water partition coefficient (Wildman–Crippen LogP) is 2.92. The number of ether oxygens (including phenoxy) is 1. The van der Waals surface area contributed by atoms with Crippen molar-refractivity contribution in [3.63, 3.8) is 0 Å². The van der Waals surface area contributed by atoms with Gasteiger partial charge in [-0.1, -0.05) is 25.4 Å². The maximum atomic E-state index is 6.00. The van der Waals surface area contributed by atoms with Crippen LogP contribution in [-0.2, 0) is 11.2 Å². The number of rotatable bonds is 8. The molecule has 96 valence electrons. The number of hydrogen-bond donors (Lipinski definition) is 1. The van der Waals surface area contributed by atoms with Crippen LogP contribution in [-0.4, -0.2) is 29.7 Å². The molecule has 1 aromatic rings. The maximum Gasteiger partial charge on any atom is 0.137 e. The fourth-order valence-electron chi connectivity index (χ4n) is 1.48. The molecule has 17 heavy (non-hydrogen) atoms.